The van der Waals surface area contributed by atoms with E-state index >= 15 is 0 Å². The quantitative estimate of drug-likeness (QED) is 0.665. The van der Waals surface area contributed by atoms with Gasteiger partial charge in [-0.05, 0) is 45.4 Å². The largest absolute Gasteiger partial charge is 0.396 e. The van der Waals surface area contributed by atoms with Crippen LogP contribution in [0, 0.1) is 5.92 Å². The van der Waals surface area contributed by atoms with Crippen molar-refractivity contribution in [2.75, 3.05) is 33.3 Å². The van der Waals surface area contributed by atoms with E-state index in [1.54, 1.807) is 0 Å². The summed E-state index contributed by atoms with van der Waals surface area (Å²) in [6.45, 7) is 5.72. The second kappa shape index (κ2) is 5.58. The monoisotopic (exact) mass is 186 g/mol. The smallest absolute Gasteiger partial charge is 0.0474 e. The molecule has 1 aliphatic rings. The molecule has 0 saturated carbocycles. The van der Waals surface area contributed by atoms with Gasteiger partial charge in [0.2, 0.25) is 0 Å². The van der Waals surface area contributed by atoms with Crippen molar-refractivity contribution in [2.24, 2.45) is 5.92 Å². The third kappa shape index (κ3) is 3.25. The van der Waals surface area contributed by atoms with E-state index in [1.165, 1.54) is 0 Å². The Kier molecular flexibility index (Phi) is 4.70. The van der Waals surface area contributed by atoms with Gasteiger partial charge in [-0.25, -0.2) is 0 Å². The van der Waals surface area contributed by atoms with Gasteiger partial charge in [-0.3, -0.25) is 0 Å². The number of aliphatic hydroxyl groups excluding tert-OH is 1. The lowest BCUT2D eigenvalue weighted by molar-refractivity contribution is 0.184. The predicted molar refractivity (Wildman–Crippen MR) is 54.8 cm³/mol. The Morgan fingerprint density at radius 3 is 2.69 bits per heavy atom. The van der Waals surface area contributed by atoms with Gasteiger partial charge in [0, 0.05) is 12.6 Å². The van der Waals surface area contributed by atoms with Crippen molar-refractivity contribution in [1.29, 1.82) is 0 Å². The third-order valence-electron chi connectivity index (χ3n) is 2.97. The van der Waals surface area contributed by atoms with E-state index in [1.807, 2.05) is 0 Å². The van der Waals surface area contributed by atoms with Gasteiger partial charge in [-0.1, -0.05) is 6.92 Å². The molecule has 1 heterocycles. The zero-order valence-corrected chi connectivity index (χ0v) is 8.79. The minimum Gasteiger partial charge on any atom is -0.396 e. The maximum absolute atomic E-state index is 9.24. The number of likely N-dealkylation sites (tertiary alicyclic amines) is 1. The first kappa shape index (κ1) is 11.0. The van der Waals surface area contributed by atoms with Crippen LogP contribution in [0.15, 0.2) is 0 Å². The molecule has 2 atom stereocenters. The highest BCUT2D eigenvalue weighted by Gasteiger charge is 2.23. The van der Waals surface area contributed by atoms with Gasteiger partial charge in [-0.15, -0.1) is 0 Å². The molecule has 0 aliphatic carbocycles. The van der Waals surface area contributed by atoms with Crippen LogP contribution in [0.3, 0.4) is 0 Å². The summed E-state index contributed by atoms with van der Waals surface area (Å²) in [4.78, 5) is 2.35. The molecule has 0 spiro atoms. The second-order valence-electron chi connectivity index (χ2n) is 3.99. The number of nitrogens with one attached hydrogen (secondary N) is 1. The van der Waals surface area contributed by atoms with Crippen molar-refractivity contribution in [1.82, 2.24) is 10.2 Å². The van der Waals surface area contributed by atoms with Gasteiger partial charge in [-0.2, -0.15) is 0 Å². The van der Waals surface area contributed by atoms with Crippen LogP contribution < -0.4 is 5.32 Å². The standard InChI is InChI=1S/C10H22N2O/c1-3-11-10-5-7-12(2)6-4-9(10)8-13/h9-11,13H,3-8H2,1-2H3. The molecular formula is C10H22N2O. The summed E-state index contributed by atoms with van der Waals surface area (Å²) in [6, 6.07) is 0.514. The van der Waals surface area contributed by atoms with Gasteiger partial charge in [0.1, 0.15) is 0 Å². The van der Waals surface area contributed by atoms with Crippen LogP contribution in [-0.4, -0.2) is 49.3 Å². The molecule has 3 nitrogen and oxygen atoms in total. The van der Waals surface area contributed by atoms with Crippen molar-refractivity contribution < 1.29 is 5.11 Å². The van der Waals surface area contributed by atoms with Crippen molar-refractivity contribution in [3.63, 3.8) is 0 Å². The molecule has 0 aromatic heterocycles. The van der Waals surface area contributed by atoms with Crippen LogP contribution >= 0.6 is 0 Å². The van der Waals surface area contributed by atoms with Crippen LogP contribution in [0.1, 0.15) is 19.8 Å². The van der Waals surface area contributed by atoms with Gasteiger partial charge < -0.3 is 15.3 Å². The second-order valence-corrected chi connectivity index (χ2v) is 3.99. The highest BCUT2D eigenvalue weighted by atomic mass is 16.3. The van der Waals surface area contributed by atoms with E-state index < -0.39 is 0 Å². The van der Waals surface area contributed by atoms with E-state index in [0.717, 1.165) is 32.5 Å². The number of nitrogens with zero attached hydrogens (tertiary/aromatic N) is 1. The number of rotatable bonds is 3. The molecule has 2 N–H and O–H groups in total. The van der Waals surface area contributed by atoms with Gasteiger partial charge in [0.15, 0.2) is 0 Å². The molecule has 1 saturated heterocycles. The first-order valence-corrected chi connectivity index (χ1v) is 5.30. The summed E-state index contributed by atoms with van der Waals surface area (Å²) in [6.07, 6.45) is 2.28. The molecule has 0 radical (unpaired) electrons. The van der Waals surface area contributed by atoms with Crippen LogP contribution in [-0.2, 0) is 0 Å². The average molecular weight is 186 g/mol. The highest BCUT2D eigenvalue weighted by molar-refractivity contribution is 4.80. The molecule has 2 unspecified atom stereocenters. The Hall–Kier alpha value is -0.120. The fourth-order valence-electron chi connectivity index (χ4n) is 2.04. The molecular weight excluding hydrogens is 164 g/mol. The van der Waals surface area contributed by atoms with Crippen molar-refractivity contribution in [3.8, 4) is 0 Å². The van der Waals surface area contributed by atoms with E-state index in [2.05, 4.69) is 24.2 Å². The zero-order valence-electron chi connectivity index (χ0n) is 8.79. The molecule has 0 aromatic carbocycles. The van der Waals surface area contributed by atoms with Crippen LogP contribution in [0.4, 0.5) is 0 Å². The van der Waals surface area contributed by atoms with Gasteiger partial charge >= 0.3 is 0 Å². The fraction of sp³-hybridized carbons (Fsp3) is 1.00. The van der Waals surface area contributed by atoms with Crippen LogP contribution in [0.5, 0.6) is 0 Å². The third-order valence-corrected chi connectivity index (χ3v) is 2.97. The molecule has 3 heteroatoms. The molecule has 0 aromatic rings. The fourth-order valence-corrected chi connectivity index (χ4v) is 2.04. The van der Waals surface area contributed by atoms with E-state index in [4.69, 9.17) is 0 Å². The van der Waals surface area contributed by atoms with Crippen molar-refractivity contribution >= 4 is 0 Å². The summed E-state index contributed by atoms with van der Waals surface area (Å²) in [5.41, 5.74) is 0. The predicted octanol–water partition coefficient (Wildman–Crippen LogP) is 0.299. The molecule has 1 fully saturated rings. The Morgan fingerprint density at radius 1 is 1.38 bits per heavy atom. The summed E-state index contributed by atoms with van der Waals surface area (Å²) < 4.78 is 0. The summed E-state index contributed by atoms with van der Waals surface area (Å²) in [5, 5.41) is 12.7. The first-order chi connectivity index (χ1) is 6.27. The minimum atomic E-state index is 0.325. The molecule has 13 heavy (non-hydrogen) atoms. The summed E-state index contributed by atoms with van der Waals surface area (Å²) in [7, 11) is 2.16. The average Bonchev–Trinajstić information content (AvgIpc) is 2.30. The molecule has 0 bridgehead atoms. The first-order valence-electron chi connectivity index (χ1n) is 5.30. The Balaban J connectivity index is 2.46. The topological polar surface area (TPSA) is 35.5 Å². The van der Waals surface area contributed by atoms with Crippen molar-refractivity contribution in [2.45, 2.75) is 25.8 Å². The lowest BCUT2D eigenvalue weighted by Crippen LogP contribution is -2.37. The van der Waals surface area contributed by atoms with E-state index in [0.29, 0.717) is 18.6 Å². The lowest BCUT2D eigenvalue weighted by atomic mass is 9.96. The number of hydrogen-bond acceptors (Lipinski definition) is 3. The van der Waals surface area contributed by atoms with Crippen LogP contribution in [0.25, 0.3) is 0 Å². The Labute approximate surface area is 81.1 Å². The van der Waals surface area contributed by atoms with Gasteiger partial charge in [0.05, 0.1) is 0 Å². The Morgan fingerprint density at radius 2 is 2.08 bits per heavy atom. The zero-order chi connectivity index (χ0) is 9.68. The highest BCUT2D eigenvalue weighted by Crippen LogP contribution is 2.16. The van der Waals surface area contributed by atoms with Crippen LogP contribution in [0.2, 0.25) is 0 Å². The molecule has 1 aliphatic heterocycles. The lowest BCUT2D eigenvalue weighted by Gasteiger charge is -2.23. The Bertz CT molecular complexity index is 141. The molecule has 1 rings (SSSR count). The SMILES string of the molecule is CCNC1CCN(C)CCC1CO. The minimum absolute atomic E-state index is 0.325. The normalized spacial score (nSPS) is 31.6. The van der Waals surface area contributed by atoms with Crippen molar-refractivity contribution in [3.05, 3.63) is 0 Å². The maximum Gasteiger partial charge on any atom is 0.0474 e. The van der Waals surface area contributed by atoms with E-state index in [-0.39, 0.29) is 0 Å². The molecule has 0 amide bonds. The molecule has 78 valence electrons. The van der Waals surface area contributed by atoms with Gasteiger partial charge in [0.25, 0.3) is 0 Å². The summed E-state index contributed by atoms with van der Waals surface area (Å²) >= 11 is 0. The number of hydrogen-bond donors (Lipinski definition) is 2. The summed E-state index contributed by atoms with van der Waals surface area (Å²) in [5.74, 6) is 0.449. The maximum atomic E-state index is 9.24. The van der Waals surface area contributed by atoms with E-state index in [9.17, 15) is 5.11 Å². The number of aliphatic hydroxyl groups is 1.